The molecule has 1 aromatic rings. The zero-order valence-electron chi connectivity index (χ0n) is 12.0. The molecule has 2 heterocycles. The van der Waals surface area contributed by atoms with Crippen molar-refractivity contribution >= 4 is 11.8 Å². The third-order valence-corrected chi connectivity index (χ3v) is 3.63. The van der Waals surface area contributed by atoms with Gasteiger partial charge in [-0.1, -0.05) is 13.3 Å². The summed E-state index contributed by atoms with van der Waals surface area (Å²) < 4.78 is 0. The second-order valence-corrected chi connectivity index (χ2v) is 5.20. The molecular weight excluding hydrogens is 238 g/mol. The molecule has 1 unspecified atom stereocenters. The van der Waals surface area contributed by atoms with Crippen LogP contribution in [-0.2, 0) is 0 Å². The van der Waals surface area contributed by atoms with Crippen molar-refractivity contribution in [2.75, 3.05) is 37.3 Å². The van der Waals surface area contributed by atoms with Crippen LogP contribution in [0.25, 0.3) is 0 Å². The zero-order valence-corrected chi connectivity index (χ0v) is 12.0. The van der Waals surface area contributed by atoms with E-state index in [0.717, 1.165) is 25.3 Å². The van der Waals surface area contributed by atoms with Gasteiger partial charge in [-0.05, 0) is 38.9 Å². The van der Waals surface area contributed by atoms with E-state index in [1.165, 1.54) is 25.8 Å². The van der Waals surface area contributed by atoms with Gasteiger partial charge in [-0.15, -0.1) is 0 Å². The van der Waals surface area contributed by atoms with Gasteiger partial charge in [0.1, 0.15) is 5.82 Å². The number of hydrogen-bond acceptors (Lipinski definition) is 5. The minimum absolute atomic E-state index is 0.621. The molecule has 5 heteroatoms. The minimum Gasteiger partial charge on any atom is -0.368 e. The molecule has 0 spiro atoms. The minimum atomic E-state index is 0.621. The second-order valence-electron chi connectivity index (χ2n) is 5.20. The number of anilines is 2. The number of nitrogens with one attached hydrogen (secondary N) is 2. The van der Waals surface area contributed by atoms with Gasteiger partial charge in [-0.2, -0.15) is 4.98 Å². The third kappa shape index (κ3) is 4.35. The molecule has 0 amide bonds. The number of likely N-dealkylation sites (tertiary alicyclic amines) is 1. The average Bonchev–Trinajstić information content (AvgIpc) is 2.45. The molecule has 1 aromatic heterocycles. The monoisotopic (exact) mass is 263 g/mol. The van der Waals surface area contributed by atoms with Crippen LogP contribution in [0.5, 0.6) is 0 Å². The van der Waals surface area contributed by atoms with Crippen LogP contribution < -0.4 is 10.6 Å². The highest BCUT2D eigenvalue weighted by Gasteiger charge is 2.18. The normalized spacial score (nSPS) is 20.2. The van der Waals surface area contributed by atoms with Crippen molar-refractivity contribution in [3.8, 4) is 0 Å². The van der Waals surface area contributed by atoms with Crippen molar-refractivity contribution in [1.29, 1.82) is 0 Å². The van der Waals surface area contributed by atoms with Gasteiger partial charge in [-0.3, -0.25) is 0 Å². The maximum Gasteiger partial charge on any atom is 0.224 e. The Morgan fingerprint density at radius 3 is 3.05 bits per heavy atom. The molecule has 1 saturated heterocycles. The van der Waals surface area contributed by atoms with Crippen LogP contribution in [0, 0.1) is 0 Å². The molecule has 1 aliphatic heterocycles. The maximum atomic E-state index is 4.47. The first kappa shape index (κ1) is 14.1. The van der Waals surface area contributed by atoms with Gasteiger partial charge in [0.2, 0.25) is 5.95 Å². The van der Waals surface area contributed by atoms with Crippen LogP contribution in [-0.4, -0.2) is 47.6 Å². The lowest BCUT2D eigenvalue weighted by Gasteiger charge is -2.32. The Kier molecular flexibility index (Phi) is 5.39. The zero-order chi connectivity index (χ0) is 13.5. The van der Waals surface area contributed by atoms with E-state index >= 15 is 0 Å². The number of nitrogens with zero attached hydrogens (tertiary/aromatic N) is 3. The van der Waals surface area contributed by atoms with E-state index < -0.39 is 0 Å². The van der Waals surface area contributed by atoms with Gasteiger partial charge < -0.3 is 15.5 Å². The highest BCUT2D eigenvalue weighted by Crippen LogP contribution is 2.15. The van der Waals surface area contributed by atoms with Crippen molar-refractivity contribution in [3.05, 3.63) is 12.3 Å². The van der Waals surface area contributed by atoms with Crippen LogP contribution in [0.3, 0.4) is 0 Å². The molecule has 2 N–H and O–H groups in total. The lowest BCUT2D eigenvalue weighted by atomic mass is 10.0. The lowest BCUT2D eigenvalue weighted by Crippen LogP contribution is -2.40. The van der Waals surface area contributed by atoms with Crippen molar-refractivity contribution in [2.24, 2.45) is 0 Å². The standard InChI is InChI=1S/C14H25N5/c1-3-8-15-14-16-9-7-13(18-14)17-11-12-6-4-5-10-19(12)2/h7,9,12H,3-6,8,10-11H2,1-2H3,(H2,15,16,17,18). The van der Waals surface area contributed by atoms with Crippen molar-refractivity contribution < 1.29 is 0 Å². The van der Waals surface area contributed by atoms with Gasteiger partial charge in [0, 0.05) is 25.3 Å². The summed E-state index contributed by atoms with van der Waals surface area (Å²) in [6, 6.07) is 2.55. The Bertz CT molecular complexity index is 382. The van der Waals surface area contributed by atoms with Gasteiger partial charge in [0.05, 0.1) is 0 Å². The summed E-state index contributed by atoms with van der Waals surface area (Å²) in [4.78, 5) is 11.1. The lowest BCUT2D eigenvalue weighted by molar-refractivity contribution is 0.194. The van der Waals surface area contributed by atoms with E-state index in [2.05, 4.69) is 39.5 Å². The summed E-state index contributed by atoms with van der Waals surface area (Å²) in [5.74, 6) is 1.62. The number of likely N-dealkylation sites (N-methyl/N-ethyl adjacent to an activating group) is 1. The molecule has 0 aliphatic carbocycles. The molecule has 19 heavy (non-hydrogen) atoms. The first-order valence-electron chi connectivity index (χ1n) is 7.30. The van der Waals surface area contributed by atoms with E-state index in [-0.39, 0.29) is 0 Å². The summed E-state index contributed by atoms with van der Waals surface area (Å²) in [5.41, 5.74) is 0. The molecule has 0 bridgehead atoms. The van der Waals surface area contributed by atoms with Gasteiger partial charge in [-0.25, -0.2) is 4.98 Å². The molecule has 5 nitrogen and oxygen atoms in total. The van der Waals surface area contributed by atoms with Crippen LogP contribution in [0.1, 0.15) is 32.6 Å². The Hall–Kier alpha value is -1.36. The highest BCUT2D eigenvalue weighted by atomic mass is 15.2. The van der Waals surface area contributed by atoms with Crippen molar-refractivity contribution in [1.82, 2.24) is 14.9 Å². The molecule has 106 valence electrons. The molecule has 1 aliphatic rings. The van der Waals surface area contributed by atoms with Gasteiger partial charge >= 0.3 is 0 Å². The summed E-state index contributed by atoms with van der Waals surface area (Å²) in [5, 5.41) is 6.64. The molecule has 1 atom stereocenters. The van der Waals surface area contributed by atoms with Crippen LogP contribution >= 0.6 is 0 Å². The number of hydrogen-bond donors (Lipinski definition) is 2. The summed E-state index contributed by atoms with van der Waals surface area (Å²) in [7, 11) is 2.21. The van der Waals surface area contributed by atoms with E-state index in [1.54, 1.807) is 6.20 Å². The van der Waals surface area contributed by atoms with Crippen molar-refractivity contribution in [3.63, 3.8) is 0 Å². The quantitative estimate of drug-likeness (QED) is 0.824. The molecular formula is C14H25N5. The number of aromatic nitrogens is 2. The molecule has 0 radical (unpaired) electrons. The van der Waals surface area contributed by atoms with Crippen LogP contribution in [0.15, 0.2) is 12.3 Å². The highest BCUT2D eigenvalue weighted by molar-refractivity contribution is 5.39. The predicted octanol–water partition coefficient (Wildman–Crippen LogP) is 2.19. The Morgan fingerprint density at radius 1 is 1.37 bits per heavy atom. The topological polar surface area (TPSA) is 53.1 Å². The fourth-order valence-corrected chi connectivity index (χ4v) is 2.40. The van der Waals surface area contributed by atoms with Crippen LogP contribution in [0.4, 0.5) is 11.8 Å². The molecule has 1 fully saturated rings. The average molecular weight is 263 g/mol. The SMILES string of the molecule is CCCNc1nccc(NCC2CCCCN2C)n1. The molecule has 0 aromatic carbocycles. The summed E-state index contributed by atoms with van der Waals surface area (Å²) in [6.07, 6.45) is 6.82. The van der Waals surface area contributed by atoms with E-state index in [9.17, 15) is 0 Å². The predicted molar refractivity (Wildman–Crippen MR) is 79.6 cm³/mol. The summed E-state index contributed by atoms with van der Waals surface area (Å²) in [6.45, 7) is 5.21. The third-order valence-electron chi connectivity index (χ3n) is 3.63. The van der Waals surface area contributed by atoms with Gasteiger partial charge in [0.15, 0.2) is 0 Å². The fraction of sp³-hybridized carbons (Fsp3) is 0.714. The van der Waals surface area contributed by atoms with E-state index in [4.69, 9.17) is 0 Å². The number of piperidine rings is 1. The second kappa shape index (κ2) is 7.28. The van der Waals surface area contributed by atoms with Crippen LogP contribution in [0.2, 0.25) is 0 Å². The molecule has 2 rings (SSSR count). The summed E-state index contributed by atoms with van der Waals surface area (Å²) >= 11 is 0. The Balaban J connectivity index is 1.84. The number of rotatable bonds is 6. The maximum absolute atomic E-state index is 4.47. The first-order valence-corrected chi connectivity index (χ1v) is 7.30. The van der Waals surface area contributed by atoms with Crippen molar-refractivity contribution in [2.45, 2.75) is 38.6 Å². The van der Waals surface area contributed by atoms with E-state index in [0.29, 0.717) is 12.0 Å². The van der Waals surface area contributed by atoms with Gasteiger partial charge in [0.25, 0.3) is 0 Å². The smallest absolute Gasteiger partial charge is 0.224 e. The molecule has 0 saturated carbocycles. The Morgan fingerprint density at radius 2 is 2.26 bits per heavy atom. The first-order chi connectivity index (χ1) is 9.29. The van der Waals surface area contributed by atoms with E-state index in [1.807, 2.05) is 6.07 Å². The Labute approximate surface area is 115 Å². The largest absolute Gasteiger partial charge is 0.368 e. The fourth-order valence-electron chi connectivity index (χ4n) is 2.40.